The minimum Gasteiger partial charge on any atom is -0.392 e. The van der Waals surface area contributed by atoms with Crippen molar-refractivity contribution in [2.24, 2.45) is 0 Å². The average Bonchev–Trinajstić information content (AvgIpc) is 2.89. The number of carbonyl (C=O) groups is 1. The van der Waals surface area contributed by atoms with E-state index in [9.17, 15) is 9.90 Å². The van der Waals surface area contributed by atoms with Crippen LogP contribution in [0.4, 0.5) is 0 Å². The fourth-order valence-corrected chi connectivity index (χ4v) is 2.74. The molecule has 2 N–H and O–H groups in total. The monoisotopic (exact) mass is 226 g/mol. The largest absolute Gasteiger partial charge is 0.392 e. The first-order valence-corrected chi connectivity index (χ1v) is 6.41. The Bertz CT molecular complexity index is 251. The number of aliphatic hydroxyl groups is 1. The molecule has 92 valence electrons. The van der Waals surface area contributed by atoms with E-state index >= 15 is 0 Å². The number of likely N-dealkylation sites (tertiary alicyclic amines) is 1. The number of aliphatic hydroxyl groups excluding tert-OH is 1. The third kappa shape index (κ3) is 2.55. The SMILES string of the molecule is CC(N[C@@H]1CCC[C@H]1O)C(=O)N1CCCC1. The summed E-state index contributed by atoms with van der Waals surface area (Å²) in [5.41, 5.74) is 0. The Morgan fingerprint density at radius 2 is 2.00 bits per heavy atom. The Morgan fingerprint density at radius 1 is 1.31 bits per heavy atom. The van der Waals surface area contributed by atoms with Crippen LogP contribution in [0.1, 0.15) is 39.0 Å². The van der Waals surface area contributed by atoms with Crippen molar-refractivity contribution in [1.82, 2.24) is 10.2 Å². The Balaban J connectivity index is 1.82. The number of carbonyl (C=O) groups excluding carboxylic acids is 1. The van der Waals surface area contributed by atoms with Crippen molar-refractivity contribution >= 4 is 5.91 Å². The van der Waals surface area contributed by atoms with Crippen LogP contribution in [0.2, 0.25) is 0 Å². The third-order valence-corrected chi connectivity index (χ3v) is 3.73. The van der Waals surface area contributed by atoms with Gasteiger partial charge in [0.05, 0.1) is 12.1 Å². The summed E-state index contributed by atoms with van der Waals surface area (Å²) in [6.45, 7) is 3.71. The van der Waals surface area contributed by atoms with Gasteiger partial charge in [-0.05, 0) is 39.0 Å². The molecule has 2 rings (SSSR count). The standard InChI is InChI=1S/C12H22N2O2/c1-9(12(16)14-7-2-3-8-14)13-10-5-4-6-11(10)15/h9-11,13,15H,2-8H2,1H3/t9?,10-,11-/m1/s1. The van der Waals surface area contributed by atoms with E-state index in [2.05, 4.69) is 5.32 Å². The number of nitrogens with zero attached hydrogens (tertiary/aromatic N) is 1. The number of nitrogens with one attached hydrogen (secondary N) is 1. The van der Waals surface area contributed by atoms with Gasteiger partial charge < -0.3 is 15.3 Å². The van der Waals surface area contributed by atoms with Crippen LogP contribution < -0.4 is 5.32 Å². The van der Waals surface area contributed by atoms with Crippen LogP contribution in [-0.2, 0) is 4.79 Å². The van der Waals surface area contributed by atoms with Crippen molar-refractivity contribution in [3.8, 4) is 0 Å². The normalized spacial score (nSPS) is 32.0. The van der Waals surface area contributed by atoms with Crippen molar-refractivity contribution in [2.45, 2.75) is 57.2 Å². The van der Waals surface area contributed by atoms with Crippen molar-refractivity contribution in [1.29, 1.82) is 0 Å². The lowest BCUT2D eigenvalue weighted by molar-refractivity contribution is -0.132. The molecule has 1 unspecified atom stereocenters. The Morgan fingerprint density at radius 3 is 2.56 bits per heavy atom. The predicted molar refractivity (Wildman–Crippen MR) is 62.1 cm³/mol. The predicted octanol–water partition coefficient (Wildman–Crippen LogP) is 0.500. The Hall–Kier alpha value is -0.610. The zero-order chi connectivity index (χ0) is 11.5. The van der Waals surface area contributed by atoms with Crippen LogP contribution in [0.15, 0.2) is 0 Å². The highest BCUT2D eigenvalue weighted by atomic mass is 16.3. The summed E-state index contributed by atoms with van der Waals surface area (Å²) in [6.07, 6.45) is 4.90. The van der Waals surface area contributed by atoms with Gasteiger partial charge in [0.25, 0.3) is 0 Å². The lowest BCUT2D eigenvalue weighted by Crippen LogP contribution is -2.49. The number of rotatable bonds is 3. The summed E-state index contributed by atoms with van der Waals surface area (Å²) in [5.74, 6) is 0.191. The highest BCUT2D eigenvalue weighted by Gasteiger charge is 2.30. The topological polar surface area (TPSA) is 52.6 Å². The van der Waals surface area contributed by atoms with Gasteiger partial charge in [0.2, 0.25) is 5.91 Å². The van der Waals surface area contributed by atoms with E-state index in [0.29, 0.717) is 0 Å². The van der Waals surface area contributed by atoms with Crippen LogP contribution >= 0.6 is 0 Å². The highest BCUT2D eigenvalue weighted by molar-refractivity contribution is 5.81. The molecule has 4 nitrogen and oxygen atoms in total. The molecule has 3 atom stereocenters. The van der Waals surface area contributed by atoms with Gasteiger partial charge >= 0.3 is 0 Å². The van der Waals surface area contributed by atoms with E-state index in [1.807, 2.05) is 11.8 Å². The molecule has 0 spiro atoms. The maximum Gasteiger partial charge on any atom is 0.239 e. The molecule has 2 fully saturated rings. The second-order valence-electron chi connectivity index (χ2n) is 5.03. The summed E-state index contributed by atoms with van der Waals surface area (Å²) < 4.78 is 0. The summed E-state index contributed by atoms with van der Waals surface area (Å²) in [7, 11) is 0. The number of amides is 1. The van der Waals surface area contributed by atoms with E-state index in [4.69, 9.17) is 0 Å². The fraction of sp³-hybridized carbons (Fsp3) is 0.917. The molecule has 1 heterocycles. The van der Waals surface area contributed by atoms with Gasteiger partial charge in [-0.2, -0.15) is 0 Å². The van der Waals surface area contributed by atoms with Crippen molar-refractivity contribution in [2.75, 3.05) is 13.1 Å². The lowest BCUT2D eigenvalue weighted by Gasteiger charge is -2.25. The zero-order valence-electron chi connectivity index (χ0n) is 9.98. The summed E-state index contributed by atoms with van der Waals surface area (Å²) in [4.78, 5) is 14.0. The molecular formula is C12H22N2O2. The fourth-order valence-electron chi connectivity index (χ4n) is 2.74. The maximum absolute atomic E-state index is 12.0. The van der Waals surface area contributed by atoms with Gasteiger partial charge in [-0.25, -0.2) is 0 Å². The molecule has 1 aliphatic carbocycles. The van der Waals surface area contributed by atoms with Gasteiger partial charge in [-0.3, -0.25) is 4.79 Å². The van der Waals surface area contributed by atoms with E-state index in [0.717, 1.165) is 45.2 Å². The van der Waals surface area contributed by atoms with Crippen LogP contribution in [0.25, 0.3) is 0 Å². The molecular weight excluding hydrogens is 204 g/mol. The number of hydrogen-bond donors (Lipinski definition) is 2. The quantitative estimate of drug-likeness (QED) is 0.737. The summed E-state index contributed by atoms with van der Waals surface area (Å²) in [6, 6.07) is -0.0441. The smallest absolute Gasteiger partial charge is 0.239 e. The minimum absolute atomic E-state index is 0.113. The third-order valence-electron chi connectivity index (χ3n) is 3.73. The van der Waals surface area contributed by atoms with Gasteiger partial charge in [0.15, 0.2) is 0 Å². The first-order chi connectivity index (χ1) is 7.68. The van der Waals surface area contributed by atoms with Gasteiger partial charge in [-0.15, -0.1) is 0 Å². The molecule has 1 saturated heterocycles. The van der Waals surface area contributed by atoms with Gasteiger partial charge in [-0.1, -0.05) is 0 Å². The molecule has 0 aromatic carbocycles. The van der Waals surface area contributed by atoms with Crippen LogP contribution in [-0.4, -0.2) is 47.2 Å². The molecule has 0 bridgehead atoms. The Kier molecular flexibility index (Phi) is 3.82. The molecule has 2 aliphatic rings. The van der Waals surface area contributed by atoms with Gasteiger partial charge in [0.1, 0.15) is 0 Å². The van der Waals surface area contributed by atoms with Crippen LogP contribution in [0, 0.1) is 0 Å². The first-order valence-electron chi connectivity index (χ1n) is 6.41. The molecule has 1 amide bonds. The minimum atomic E-state index is -0.270. The second-order valence-corrected chi connectivity index (χ2v) is 5.03. The lowest BCUT2D eigenvalue weighted by atomic mass is 10.1. The average molecular weight is 226 g/mol. The van der Waals surface area contributed by atoms with Crippen molar-refractivity contribution in [3.05, 3.63) is 0 Å². The van der Waals surface area contributed by atoms with E-state index in [-0.39, 0.29) is 24.1 Å². The molecule has 1 aliphatic heterocycles. The van der Waals surface area contributed by atoms with E-state index < -0.39 is 0 Å². The zero-order valence-corrected chi connectivity index (χ0v) is 9.98. The molecule has 0 aromatic heterocycles. The highest BCUT2D eigenvalue weighted by Crippen LogP contribution is 2.19. The second kappa shape index (κ2) is 5.15. The molecule has 4 heteroatoms. The van der Waals surface area contributed by atoms with Crippen LogP contribution in [0.3, 0.4) is 0 Å². The van der Waals surface area contributed by atoms with Crippen molar-refractivity contribution < 1.29 is 9.90 Å². The van der Waals surface area contributed by atoms with Crippen molar-refractivity contribution in [3.63, 3.8) is 0 Å². The summed E-state index contributed by atoms with van der Waals surface area (Å²) in [5, 5.41) is 13.0. The van der Waals surface area contributed by atoms with E-state index in [1.54, 1.807) is 0 Å². The van der Waals surface area contributed by atoms with E-state index in [1.165, 1.54) is 0 Å². The molecule has 1 saturated carbocycles. The summed E-state index contributed by atoms with van der Waals surface area (Å²) >= 11 is 0. The molecule has 16 heavy (non-hydrogen) atoms. The van der Waals surface area contributed by atoms with Crippen LogP contribution in [0.5, 0.6) is 0 Å². The molecule has 0 radical (unpaired) electrons. The first kappa shape index (κ1) is 11.9. The molecule has 0 aromatic rings. The maximum atomic E-state index is 12.0. The number of hydrogen-bond acceptors (Lipinski definition) is 3. The Labute approximate surface area is 97.0 Å². The van der Waals surface area contributed by atoms with Gasteiger partial charge in [0, 0.05) is 19.1 Å².